The highest BCUT2D eigenvalue weighted by Crippen LogP contribution is 2.04. The molecule has 3 N–H and O–H groups in total. The first-order chi connectivity index (χ1) is 8.20. The maximum absolute atomic E-state index is 11.6. The number of aromatic nitrogens is 4. The molecule has 0 aliphatic rings. The molecule has 2 aromatic rings. The molecule has 0 atom stereocenters. The van der Waals surface area contributed by atoms with Crippen molar-refractivity contribution in [1.82, 2.24) is 19.9 Å². The molecule has 90 valence electrons. The van der Waals surface area contributed by atoms with E-state index in [1.165, 1.54) is 6.20 Å². The monoisotopic (exact) mass is 235 g/mol. The van der Waals surface area contributed by atoms with E-state index in [0.717, 1.165) is 6.42 Å². The minimum atomic E-state index is -0.391. The first-order valence-electron chi connectivity index (χ1n) is 5.30. The van der Waals surface area contributed by atoms with Crippen LogP contribution in [0.3, 0.4) is 0 Å². The highest BCUT2D eigenvalue weighted by molar-refractivity contribution is 5.69. The van der Waals surface area contributed by atoms with Crippen molar-refractivity contribution >= 4 is 17.1 Å². The Morgan fingerprint density at radius 2 is 2.29 bits per heavy atom. The van der Waals surface area contributed by atoms with E-state index < -0.39 is 5.56 Å². The van der Waals surface area contributed by atoms with Crippen molar-refractivity contribution in [2.45, 2.75) is 20.0 Å². The summed E-state index contributed by atoms with van der Waals surface area (Å²) >= 11 is 0. The summed E-state index contributed by atoms with van der Waals surface area (Å²) in [7, 11) is 0. The number of nitrogens with one attached hydrogen (secondary N) is 1. The minimum Gasteiger partial charge on any atom is -0.375 e. The predicted molar refractivity (Wildman–Crippen MR) is 62.3 cm³/mol. The standard InChI is InChI=1S/C10H13N5O2/c1-2-3-17-5-6-4-12-8-7(13-6)9(16)15-10(11)14-8/h4H,2-3,5H2,1H3,(H3,11,12,14,15,16). The lowest BCUT2D eigenvalue weighted by molar-refractivity contribution is 0.119. The van der Waals surface area contributed by atoms with Gasteiger partial charge < -0.3 is 10.5 Å². The number of H-pyrrole nitrogens is 1. The molecule has 0 saturated carbocycles. The Hall–Kier alpha value is -2.02. The van der Waals surface area contributed by atoms with E-state index in [-0.39, 0.29) is 17.1 Å². The molecule has 7 heteroatoms. The summed E-state index contributed by atoms with van der Waals surface area (Å²) < 4.78 is 5.32. The maximum Gasteiger partial charge on any atom is 0.280 e. The van der Waals surface area contributed by atoms with E-state index in [2.05, 4.69) is 19.9 Å². The summed E-state index contributed by atoms with van der Waals surface area (Å²) in [6.45, 7) is 3.00. The van der Waals surface area contributed by atoms with Crippen LogP contribution in [0, 0.1) is 0 Å². The Bertz CT molecular complexity index is 580. The molecule has 2 rings (SSSR count). The van der Waals surface area contributed by atoms with Crippen LogP contribution in [-0.2, 0) is 11.3 Å². The number of nitrogens with zero attached hydrogens (tertiary/aromatic N) is 3. The highest BCUT2D eigenvalue weighted by atomic mass is 16.5. The molecule has 0 saturated heterocycles. The number of anilines is 1. The smallest absolute Gasteiger partial charge is 0.280 e. The summed E-state index contributed by atoms with van der Waals surface area (Å²) in [5.74, 6) is 0.0341. The molecule has 0 amide bonds. The van der Waals surface area contributed by atoms with Crippen molar-refractivity contribution in [3.05, 3.63) is 22.2 Å². The van der Waals surface area contributed by atoms with Crippen LogP contribution in [-0.4, -0.2) is 26.5 Å². The summed E-state index contributed by atoms with van der Waals surface area (Å²) in [6.07, 6.45) is 2.46. The van der Waals surface area contributed by atoms with Crippen molar-refractivity contribution in [3.8, 4) is 0 Å². The SMILES string of the molecule is CCCOCc1cnc2nc(N)[nH]c(=O)c2n1. The molecular weight excluding hydrogens is 222 g/mol. The fraction of sp³-hybridized carbons (Fsp3) is 0.400. The van der Waals surface area contributed by atoms with E-state index in [4.69, 9.17) is 10.5 Å². The van der Waals surface area contributed by atoms with Gasteiger partial charge in [-0.05, 0) is 6.42 Å². The number of nitrogen functional groups attached to an aromatic ring is 1. The topological polar surface area (TPSA) is 107 Å². The number of hydrogen-bond donors (Lipinski definition) is 2. The second-order valence-electron chi connectivity index (χ2n) is 3.54. The molecule has 0 aliphatic heterocycles. The van der Waals surface area contributed by atoms with E-state index >= 15 is 0 Å². The Kier molecular flexibility index (Phi) is 3.29. The van der Waals surface area contributed by atoms with Gasteiger partial charge in [0.1, 0.15) is 0 Å². The second-order valence-corrected chi connectivity index (χ2v) is 3.54. The van der Waals surface area contributed by atoms with E-state index in [0.29, 0.717) is 18.9 Å². The zero-order valence-electron chi connectivity index (χ0n) is 9.43. The number of aromatic amines is 1. The van der Waals surface area contributed by atoms with Crippen molar-refractivity contribution < 1.29 is 4.74 Å². The van der Waals surface area contributed by atoms with Gasteiger partial charge in [-0.3, -0.25) is 9.78 Å². The van der Waals surface area contributed by atoms with Crippen LogP contribution in [0.1, 0.15) is 19.0 Å². The molecule has 2 heterocycles. The maximum atomic E-state index is 11.6. The molecule has 0 unspecified atom stereocenters. The molecule has 2 aromatic heterocycles. The average Bonchev–Trinajstić information content (AvgIpc) is 2.30. The lowest BCUT2D eigenvalue weighted by Crippen LogP contribution is -2.14. The number of hydrogen-bond acceptors (Lipinski definition) is 6. The van der Waals surface area contributed by atoms with Gasteiger partial charge in [-0.15, -0.1) is 0 Å². The molecule has 17 heavy (non-hydrogen) atoms. The van der Waals surface area contributed by atoms with Gasteiger partial charge in [0.25, 0.3) is 5.56 Å². The largest absolute Gasteiger partial charge is 0.375 e. The summed E-state index contributed by atoms with van der Waals surface area (Å²) in [4.78, 5) is 26.0. The van der Waals surface area contributed by atoms with Crippen LogP contribution in [0.15, 0.2) is 11.0 Å². The van der Waals surface area contributed by atoms with Gasteiger partial charge in [-0.25, -0.2) is 9.97 Å². The number of fused-ring (bicyclic) bond motifs is 1. The Morgan fingerprint density at radius 1 is 1.47 bits per heavy atom. The van der Waals surface area contributed by atoms with Crippen molar-refractivity contribution in [2.75, 3.05) is 12.3 Å². The molecular formula is C10H13N5O2. The van der Waals surface area contributed by atoms with Crippen molar-refractivity contribution in [1.29, 1.82) is 0 Å². The highest BCUT2D eigenvalue weighted by Gasteiger charge is 2.06. The number of nitrogens with two attached hydrogens (primary N) is 1. The Morgan fingerprint density at radius 3 is 3.06 bits per heavy atom. The normalized spacial score (nSPS) is 10.9. The van der Waals surface area contributed by atoms with Crippen LogP contribution >= 0.6 is 0 Å². The van der Waals surface area contributed by atoms with Crippen LogP contribution in [0.5, 0.6) is 0 Å². The first-order valence-corrected chi connectivity index (χ1v) is 5.30. The third kappa shape index (κ3) is 2.56. The van der Waals surface area contributed by atoms with Crippen LogP contribution < -0.4 is 11.3 Å². The third-order valence-electron chi connectivity index (χ3n) is 2.08. The Balaban J connectivity index is 2.33. The van der Waals surface area contributed by atoms with Gasteiger partial charge in [0.2, 0.25) is 5.95 Å². The number of rotatable bonds is 4. The summed E-state index contributed by atoms with van der Waals surface area (Å²) in [5.41, 5.74) is 6.03. The fourth-order valence-corrected chi connectivity index (χ4v) is 1.36. The molecule has 7 nitrogen and oxygen atoms in total. The minimum absolute atomic E-state index is 0.0341. The molecule has 0 aromatic carbocycles. The van der Waals surface area contributed by atoms with Crippen LogP contribution in [0.4, 0.5) is 5.95 Å². The van der Waals surface area contributed by atoms with Gasteiger partial charge in [-0.2, -0.15) is 4.98 Å². The van der Waals surface area contributed by atoms with Gasteiger partial charge in [0.05, 0.1) is 18.5 Å². The lowest BCUT2D eigenvalue weighted by atomic mass is 10.4. The molecule has 0 radical (unpaired) electrons. The van der Waals surface area contributed by atoms with E-state index in [1.54, 1.807) is 0 Å². The van der Waals surface area contributed by atoms with Gasteiger partial charge in [-0.1, -0.05) is 6.92 Å². The third-order valence-corrected chi connectivity index (χ3v) is 2.08. The average molecular weight is 235 g/mol. The second kappa shape index (κ2) is 4.88. The molecule has 0 aliphatic carbocycles. The van der Waals surface area contributed by atoms with Gasteiger partial charge >= 0.3 is 0 Å². The van der Waals surface area contributed by atoms with E-state index in [9.17, 15) is 4.79 Å². The van der Waals surface area contributed by atoms with Crippen LogP contribution in [0.25, 0.3) is 11.2 Å². The predicted octanol–water partition coefficient (Wildman–Crippen LogP) is 0.222. The van der Waals surface area contributed by atoms with Crippen molar-refractivity contribution in [3.63, 3.8) is 0 Å². The van der Waals surface area contributed by atoms with E-state index in [1.807, 2.05) is 6.92 Å². The zero-order valence-corrected chi connectivity index (χ0v) is 9.43. The first kappa shape index (κ1) is 11.5. The molecule has 0 bridgehead atoms. The van der Waals surface area contributed by atoms with Gasteiger partial charge in [0.15, 0.2) is 11.2 Å². The fourth-order valence-electron chi connectivity index (χ4n) is 1.36. The number of ether oxygens (including phenoxy) is 1. The summed E-state index contributed by atoms with van der Waals surface area (Å²) in [6, 6.07) is 0. The lowest BCUT2D eigenvalue weighted by Gasteiger charge is -2.02. The molecule has 0 fully saturated rings. The zero-order chi connectivity index (χ0) is 12.3. The molecule has 0 spiro atoms. The van der Waals surface area contributed by atoms with Crippen LogP contribution in [0.2, 0.25) is 0 Å². The van der Waals surface area contributed by atoms with Gasteiger partial charge in [0, 0.05) is 6.61 Å². The Labute approximate surface area is 97.1 Å². The van der Waals surface area contributed by atoms with Crippen molar-refractivity contribution in [2.24, 2.45) is 0 Å². The summed E-state index contributed by atoms with van der Waals surface area (Å²) in [5, 5.41) is 0. The quantitative estimate of drug-likeness (QED) is 0.734.